The van der Waals surface area contributed by atoms with Crippen LogP contribution in [0.2, 0.25) is 0 Å². The molecule has 3 nitrogen and oxygen atoms in total. The van der Waals surface area contributed by atoms with Crippen LogP contribution in [0.15, 0.2) is 36.4 Å². The third-order valence-corrected chi connectivity index (χ3v) is 2.80. The Hall–Kier alpha value is -2.36. The highest BCUT2D eigenvalue weighted by atomic mass is 19.1. The smallest absolute Gasteiger partial charge is 0.335 e. The van der Waals surface area contributed by atoms with Crippen LogP contribution >= 0.6 is 0 Å². The largest absolute Gasteiger partial charge is 0.478 e. The molecule has 0 saturated carbocycles. The van der Waals surface area contributed by atoms with Crippen molar-refractivity contribution in [2.24, 2.45) is 0 Å². The van der Waals surface area contributed by atoms with Gasteiger partial charge in [0.1, 0.15) is 5.75 Å². The van der Waals surface area contributed by atoms with Crippen molar-refractivity contribution < 1.29 is 19.0 Å². The molecule has 0 unspecified atom stereocenters. The highest BCUT2D eigenvalue weighted by Gasteiger charge is 2.12. The molecule has 2 rings (SSSR count). The zero-order valence-electron chi connectivity index (χ0n) is 10.6. The molecular formula is C15H13FO3. The van der Waals surface area contributed by atoms with Gasteiger partial charge in [0, 0.05) is 0 Å². The number of carbonyl (C=O) groups is 1. The summed E-state index contributed by atoms with van der Waals surface area (Å²) in [7, 11) is 0. The predicted molar refractivity (Wildman–Crippen MR) is 69.3 cm³/mol. The van der Waals surface area contributed by atoms with E-state index >= 15 is 0 Å². The summed E-state index contributed by atoms with van der Waals surface area (Å²) in [6, 6.07) is 9.21. The van der Waals surface area contributed by atoms with E-state index in [1.54, 1.807) is 0 Å². The SMILES string of the molecule is Cc1cccc(C)c1Oc1ccc(C(=O)O)cc1F. The molecule has 2 aromatic rings. The first-order valence-corrected chi connectivity index (χ1v) is 5.76. The number of hydrogen-bond donors (Lipinski definition) is 1. The minimum absolute atomic E-state index is 0.0161. The van der Waals surface area contributed by atoms with Gasteiger partial charge in [-0.2, -0.15) is 0 Å². The summed E-state index contributed by atoms with van der Waals surface area (Å²) in [5.41, 5.74) is 1.68. The number of ether oxygens (including phenoxy) is 1. The molecule has 0 atom stereocenters. The van der Waals surface area contributed by atoms with Crippen LogP contribution in [-0.2, 0) is 0 Å². The maximum Gasteiger partial charge on any atom is 0.335 e. The molecule has 0 fully saturated rings. The van der Waals surface area contributed by atoms with Gasteiger partial charge in [-0.15, -0.1) is 0 Å². The third-order valence-electron chi connectivity index (χ3n) is 2.80. The fourth-order valence-electron chi connectivity index (χ4n) is 1.79. The van der Waals surface area contributed by atoms with Crippen LogP contribution in [0.25, 0.3) is 0 Å². The monoisotopic (exact) mass is 260 g/mol. The molecule has 0 saturated heterocycles. The van der Waals surface area contributed by atoms with Crippen LogP contribution in [-0.4, -0.2) is 11.1 Å². The first-order valence-electron chi connectivity index (χ1n) is 5.76. The van der Waals surface area contributed by atoms with Gasteiger partial charge in [-0.3, -0.25) is 0 Å². The van der Waals surface area contributed by atoms with E-state index in [0.717, 1.165) is 17.2 Å². The average Bonchev–Trinajstić information content (AvgIpc) is 2.35. The summed E-state index contributed by atoms with van der Waals surface area (Å²) in [4.78, 5) is 10.7. The number of rotatable bonds is 3. The maximum absolute atomic E-state index is 13.8. The summed E-state index contributed by atoms with van der Waals surface area (Å²) in [5.74, 6) is -1.26. The second kappa shape index (κ2) is 5.10. The Balaban J connectivity index is 2.36. The van der Waals surface area contributed by atoms with Crippen LogP contribution < -0.4 is 4.74 Å². The average molecular weight is 260 g/mol. The van der Waals surface area contributed by atoms with E-state index in [-0.39, 0.29) is 11.3 Å². The molecule has 0 aliphatic rings. The first-order chi connectivity index (χ1) is 8.99. The van der Waals surface area contributed by atoms with Crippen molar-refractivity contribution in [3.63, 3.8) is 0 Å². The van der Waals surface area contributed by atoms with Crippen LogP contribution in [0.1, 0.15) is 21.5 Å². The Morgan fingerprint density at radius 1 is 1.16 bits per heavy atom. The molecule has 19 heavy (non-hydrogen) atoms. The molecule has 0 aliphatic heterocycles. The topological polar surface area (TPSA) is 46.5 Å². The molecule has 0 bridgehead atoms. The summed E-state index contributed by atoms with van der Waals surface area (Å²) >= 11 is 0. The van der Waals surface area contributed by atoms with Gasteiger partial charge < -0.3 is 9.84 Å². The van der Waals surface area contributed by atoms with Gasteiger partial charge in [-0.05, 0) is 43.2 Å². The lowest BCUT2D eigenvalue weighted by molar-refractivity contribution is 0.0696. The van der Waals surface area contributed by atoms with Crippen molar-refractivity contribution in [1.29, 1.82) is 0 Å². The summed E-state index contributed by atoms with van der Waals surface area (Å²) < 4.78 is 19.3. The number of hydrogen-bond acceptors (Lipinski definition) is 2. The molecule has 0 spiro atoms. The second-order valence-corrected chi connectivity index (χ2v) is 4.27. The molecule has 98 valence electrons. The molecule has 0 heterocycles. The van der Waals surface area contributed by atoms with Crippen LogP contribution in [0.5, 0.6) is 11.5 Å². The maximum atomic E-state index is 13.8. The van der Waals surface area contributed by atoms with Gasteiger partial charge in [0.15, 0.2) is 11.6 Å². The Morgan fingerprint density at radius 2 is 1.79 bits per heavy atom. The molecule has 1 N–H and O–H groups in total. The summed E-state index contributed by atoms with van der Waals surface area (Å²) in [6.07, 6.45) is 0. The lowest BCUT2D eigenvalue weighted by Gasteiger charge is -2.12. The fourth-order valence-corrected chi connectivity index (χ4v) is 1.79. The van der Waals surface area contributed by atoms with Crippen molar-refractivity contribution in [3.05, 3.63) is 58.9 Å². The third kappa shape index (κ3) is 2.73. The number of para-hydroxylation sites is 1. The lowest BCUT2D eigenvalue weighted by atomic mass is 10.1. The number of carboxylic acid groups (broad SMARTS) is 1. The van der Waals surface area contributed by atoms with Gasteiger partial charge in [-0.25, -0.2) is 9.18 Å². The van der Waals surface area contributed by atoms with Gasteiger partial charge in [0.25, 0.3) is 0 Å². The van der Waals surface area contributed by atoms with Gasteiger partial charge >= 0.3 is 5.97 Å². The second-order valence-electron chi connectivity index (χ2n) is 4.27. The minimum atomic E-state index is -1.17. The normalized spacial score (nSPS) is 10.3. The summed E-state index contributed by atoms with van der Waals surface area (Å²) in [5, 5.41) is 8.77. The Morgan fingerprint density at radius 3 is 2.32 bits per heavy atom. The van der Waals surface area contributed by atoms with Gasteiger partial charge in [0.05, 0.1) is 5.56 Å². The molecular weight excluding hydrogens is 247 g/mol. The minimum Gasteiger partial charge on any atom is -0.478 e. The van der Waals surface area contributed by atoms with Crippen LogP contribution in [0, 0.1) is 19.7 Å². The van der Waals surface area contributed by atoms with E-state index in [0.29, 0.717) is 5.75 Å². The number of aryl methyl sites for hydroxylation is 2. The highest BCUT2D eigenvalue weighted by molar-refractivity contribution is 5.87. The van der Waals surface area contributed by atoms with E-state index in [4.69, 9.17) is 9.84 Å². The quantitative estimate of drug-likeness (QED) is 0.909. The first kappa shape index (κ1) is 13.1. The van der Waals surface area contributed by atoms with E-state index in [1.807, 2.05) is 32.0 Å². The Kier molecular flexibility index (Phi) is 3.51. The van der Waals surface area contributed by atoms with Crippen molar-refractivity contribution in [2.75, 3.05) is 0 Å². The van der Waals surface area contributed by atoms with Crippen molar-refractivity contribution in [1.82, 2.24) is 0 Å². The molecule has 0 radical (unpaired) electrons. The van der Waals surface area contributed by atoms with E-state index < -0.39 is 11.8 Å². The summed E-state index contributed by atoms with van der Waals surface area (Å²) in [6.45, 7) is 3.73. The zero-order chi connectivity index (χ0) is 14.0. The number of benzene rings is 2. The van der Waals surface area contributed by atoms with Gasteiger partial charge in [0.2, 0.25) is 0 Å². The fraction of sp³-hybridized carbons (Fsp3) is 0.133. The number of carboxylic acids is 1. The number of halogens is 1. The predicted octanol–water partition coefficient (Wildman–Crippen LogP) is 3.93. The number of aromatic carboxylic acids is 1. The van der Waals surface area contributed by atoms with Crippen LogP contribution in [0.3, 0.4) is 0 Å². The Labute approximate surface area is 110 Å². The van der Waals surface area contributed by atoms with Crippen LogP contribution in [0.4, 0.5) is 4.39 Å². The molecule has 0 aromatic heterocycles. The lowest BCUT2D eigenvalue weighted by Crippen LogP contribution is -1.99. The van der Waals surface area contributed by atoms with Crippen molar-refractivity contribution >= 4 is 5.97 Å². The van der Waals surface area contributed by atoms with Gasteiger partial charge in [-0.1, -0.05) is 18.2 Å². The highest BCUT2D eigenvalue weighted by Crippen LogP contribution is 2.30. The standard InChI is InChI=1S/C15H13FO3/c1-9-4-3-5-10(2)14(9)19-13-7-6-11(15(17)18)8-12(13)16/h3-8H,1-2H3,(H,17,18). The van der Waals surface area contributed by atoms with Crippen molar-refractivity contribution in [3.8, 4) is 11.5 Å². The van der Waals surface area contributed by atoms with E-state index in [9.17, 15) is 9.18 Å². The molecule has 0 aliphatic carbocycles. The molecule has 2 aromatic carbocycles. The molecule has 0 amide bonds. The zero-order valence-corrected chi connectivity index (χ0v) is 10.6. The Bertz CT molecular complexity index is 615. The van der Waals surface area contributed by atoms with E-state index in [2.05, 4.69) is 0 Å². The molecule has 4 heteroatoms. The van der Waals surface area contributed by atoms with Crippen molar-refractivity contribution in [2.45, 2.75) is 13.8 Å². The van der Waals surface area contributed by atoms with E-state index in [1.165, 1.54) is 12.1 Å².